The maximum Gasteiger partial charge on any atom is 0.269 e. The van der Waals surface area contributed by atoms with Gasteiger partial charge in [-0.25, -0.2) is 0 Å². The average molecular weight is 291 g/mol. The predicted molar refractivity (Wildman–Crippen MR) is 74.4 cm³/mol. The first kappa shape index (κ1) is 12.7. The molecule has 20 heavy (non-hydrogen) atoms. The third kappa shape index (κ3) is 2.39. The number of imidazole rings is 1. The van der Waals surface area contributed by atoms with Crippen LogP contribution in [0.5, 0.6) is 11.5 Å². The highest BCUT2D eigenvalue weighted by Crippen LogP contribution is 2.34. The van der Waals surface area contributed by atoms with E-state index in [0.29, 0.717) is 16.2 Å². The zero-order valence-electron chi connectivity index (χ0n) is 10.7. The van der Waals surface area contributed by atoms with Crippen molar-refractivity contribution in [1.29, 1.82) is 0 Å². The van der Waals surface area contributed by atoms with Crippen LogP contribution in [0.4, 0.5) is 0 Å². The quantitative estimate of drug-likeness (QED) is 0.758. The van der Waals surface area contributed by atoms with Crippen molar-refractivity contribution in [2.24, 2.45) is 0 Å². The molecule has 2 aromatic rings. The van der Waals surface area contributed by atoms with Crippen LogP contribution in [0.15, 0.2) is 24.4 Å². The minimum Gasteiger partial charge on any atom is -0.454 e. The van der Waals surface area contributed by atoms with Gasteiger partial charge < -0.3 is 24.8 Å². The molecule has 0 bridgehead atoms. The molecule has 0 saturated heterocycles. The number of benzene rings is 1. The van der Waals surface area contributed by atoms with Gasteiger partial charge in [-0.2, -0.15) is 0 Å². The summed E-state index contributed by atoms with van der Waals surface area (Å²) in [6.07, 6.45) is 1.55. The van der Waals surface area contributed by atoms with Gasteiger partial charge in [-0.3, -0.25) is 4.79 Å². The van der Waals surface area contributed by atoms with Crippen molar-refractivity contribution in [1.82, 2.24) is 15.3 Å². The van der Waals surface area contributed by atoms with E-state index in [0.717, 1.165) is 11.3 Å². The van der Waals surface area contributed by atoms with Crippen molar-refractivity contribution in [3.05, 3.63) is 40.4 Å². The number of hydrogen-bond acceptors (Lipinski definition) is 4. The summed E-state index contributed by atoms with van der Waals surface area (Å²) in [5, 5.41) is 2.88. The van der Waals surface area contributed by atoms with Crippen molar-refractivity contribution >= 4 is 18.1 Å². The van der Waals surface area contributed by atoms with Crippen molar-refractivity contribution in [3.8, 4) is 11.5 Å². The van der Waals surface area contributed by atoms with Gasteiger partial charge in [0.2, 0.25) is 6.79 Å². The largest absolute Gasteiger partial charge is 0.454 e. The molecule has 0 radical (unpaired) electrons. The van der Waals surface area contributed by atoms with Gasteiger partial charge in [0, 0.05) is 6.20 Å². The molecule has 1 aliphatic heterocycles. The molecule has 1 atom stereocenters. The molecule has 1 aromatic carbocycles. The van der Waals surface area contributed by atoms with E-state index in [1.54, 1.807) is 6.20 Å². The molecule has 0 spiro atoms. The number of H-pyrrole nitrogens is 2. The second kappa shape index (κ2) is 5.01. The molecule has 104 valence electrons. The number of fused-ring (bicyclic) bond motifs is 1. The fourth-order valence-electron chi connectivity index (χ4n) is 1.99. The Morgan fingerprint density at radius 2 is 2.20 bits per heavy atom. The van der Waals surface area contributed by atoms with Gasteiger partial charge in [-0.1, -0.05) is 6.07 Å². The molecule has 7 heteroatoms. The second-order valence-corrected chi connectivity index (χ2v) is 4.87. The Labute approximate surface area is 120 Å². The van der Waals surface area contributed by atoms with Crippen LogP contribution in [0.1, 0.15) is 29.0 Å². The number of carbonyl (C=O) groups is 1. The van der Waals surface area contributed by atoms with Crippen LogP contribution < -0.4 is 14.8 Å². The summed E-state index contributed by atoms with van der Waals surface area (Å²) >= 11 is 4.89. The second-order valence-electron chi connectivity index (χ2n) is 4.46. The van der Waals surface area contributed by atoms with Crippen LogP contribution in [-0.2, 0) is 0 Å². The van der Waals surface area contributed by atoms with Gasteiger partial charge in [0.25, 0.3) is 5.91 Å². The third-order valence-electron chi connectivity index (χ3n) is 3.08. The Bertz CT molecular complexity index is 707. The highest BCUT2D eigenvalue weighted by molar-refractivity contribution is 7.71. The van der Waals surface area contributed by atoms with Crippen molar-refractivity contribution in [3.63, 3.8) is 0 Å². The third-order valence-corrected chi connectivity index (χ3v) is 3.30. The molecule has 0 fully saturated rings. The monoisotopic (exact) mass is 291 g/mol. The lowest BCUT2D eigenvalue weighted by molar-refractivity contribution is 0.0935. The Balaban J connectivity index is 1.74. The molecular weight excluding hydrogens is 278 g/mol. The van der Waals surface area contributed by atoms with Gasteiger partial charge in [0.05, 0.1) is 6.04 Å². The lowest BCUT2D eigenvalue weighted by Crippen LogP contribution is -2.26. The fraction of sp³-hybridized carbons (Fsp3) is 0.231. The number of nitrogens with one attached hydrogen (secondary N) is 3. The summed E-state index contributed by atoms with van der Waals surface area (Å²) < 4.78 is 11.0. The summed E-state index contributed by atoms with van der Waals surface area (Å²) in [5.74, 6) is 1.20. The lowest BCUT2D eigenvalue weighted by Gasteiger charge is -2.14. The number of carbonyl (C=O) groups excluding carboxylic acids is 1. The normalized spacial score (nSPS) is 14.1. The zero-order valence-corrected chi connectivity index (χ0v) is 11.5. The minimum atomic E-state index is -0.220. The summed E-state index contributed by atoms with van der Waals surface area (Å²) in [6, 6.07) is 5.45. The number of amides is 1. The van der Waals surface area contributed by atoms with E-state index in [9.17, 15) is 4.79 Å². The van der Waals surface area contributed by atoms with E-state index in [-0.39, 0.29) is 18.7 Å². The first-order valence-electron chi connectivity index (χ1n) is 6.11. The van der Waals surface area contributed by atoms with Crippen molar-refractivity contribution in [2.45, 2.75) is 13.0 Å². The highest BCUT2D eigenvalue weighted by atomic mass is 32.1. The summed E-state index contributed by atoms with van der Waals surface area (Å²) in [5.41, 5.74) is 1.35. The number of aromatic nitrogens is 2. The number of rotatable bonds is 3. The van der Waals surface area contributed by atoms with Gasteiger partial charge in [-0.05, 0) is 36.8 Å². The molecule has 1 aromatic heterocycles. The van der Waals surface area contributed by atoms with Gasteiger partial charge in [0.1, 0.15) is 5.69 Å². The highest BCUT2D eigenvalue weighted by Gasteiger charge is 2.17. The molecule has 0 unspecified atom stereocenters. The molecular formula is C13H13N3O3S. The average Bonchev–Trinajstić information content (AvgIpc) is 3.05. The molecule has 6 nitrogen and oxygen atoms in total. The van der Waals surface area contributed by atoms with Gasteiger partial charge in [-0.15, -0.1) is 0 Å². The summed E-state index contributed by atoms with van der Waals surface area (Å²) in [6.45, 7) is 2.14. The van der Waals surface area contributed by atoms with E-state index < -0.39 is 0 Å². The van der Waals surface area contributed by atoms with Crippen LogP contribution in [-0.4, -0.2) is 22.7 Å². The van der Waals surface area contributed by atoms with E-state index in [2.05, 4.69) is 15.3 Å². The minimum absolute atomic E-state index is 0.158. The van der Waals surface area contributed by atoms with Crippen LogP contribution in [0, 0.1) is 4.77 Å². The van der Waals surface area contributed by atoms with E-state index in [1.165, 1.54) is 0 Å². The van der Waals surface area contributed by atoms with Crippen LogP contribution in [0.2, 0.25) is 0 Å². The lowest BCUT2D eigenvalue weighted by atomic mass is 10.1. The summed E-state index contributed by atoms with van der Waals surface area (Å²) in [7, 11) is 0. The molecule has 3 rings (SSSR count). The van der Waals surface area contributed by atoms with Crippen molar-refractivity contribution < 1.29 is 14.3 Å². The molecule has 1 amide bonds. The Kier molecular flexibility index (Phi) is 3.19. The number of hydrogen-bond donors (Lipinski definition) is 3. The first-order chi connectivity index (χ1) is 9.63. The standard InChI is InChI=1S/C13H13N3O3S/c1-7(15-12(17)9-5-14-13(20)16-9)8-2-3-10-11(4-8)19-6-18-10/h2-5,7H,6H2,1H3,(H,15,17)(H2,14,16,20)/t7-/m1/s1. The Morgan fingerprint density at radius 1 is 1.40 bits per heavy atom. The molecule has 0 saturated carbocycles. The zero-order chi connectivity index (χ0) is 14.1. The number of ether oxygens (including phenoxy) is 2. The topological polar surface area (TPSA) is 79.1 Å². The maximum atomic E-state index is 12.0. The van der Waals surface area contributed by atoms with E-state index >= 15 is 0 Å². The SMILES string of the molecule is C[C@@H](NC(=O)c1c[nH]c(=S)[nH]1)c1ccc2c(c1)OCO2. The molecule has 0 aliphatic carbocycles. The van der Waals surface area contributed by atoms with Gasteiger partial charge in [0.15, 0.2) is 16.3 Å². The van der Waals surface area contributed by atoms with E-state index in [1.807, 2.05) is 25.1 Å². The Hall–Kier alpha value is -2.28. The van der Waals surface area contributed by atoms with Gasteiger partial charge >= 0.3 is 0 Å². The molecule has 3 N–H and O–H groups in total. The van der Waals surface area contributed by atoms with Crippen LogP contribution in [0.3, 0.4) is 0 Å². The predicted octanol–water partition coefficient (Wildman–Crippen LogP) is 2.29. The molecule has 1 aliphatic rings. The molecule has 2 heterocycles. The maximum absolute atomic E-state index is 12.0. The first-order valence-corrected chi connectivity index (χ1v) is 6.52. The van der Waals surface area contributed by atoms with Crippen molar-refractivity contribution in [2.75, 3.05) is 6.79 Å². The summed E-state index contributed by atoms with van der Waals surface area (Å²) in [4.78, 5) is 17.5. The van der Waals surface area contributed by atoms with Crippen LogP contribution in [0.25, 0.3) is 0 Å². The Morgan fingerprint density at radius 3 is 2.95 bits per heavy atom. The van der Waals surface area contributed by atoms with Crippen LogP contribution >= 0.6 is 12.2 Å². The number of aromatic amines is 2. The smallest absolute Gasteiger partial charge is 0.269 e. The fourth-order valence-corrected chi connectivity index (χ4v) is 2.16. The van der Waals surface area contributed by atoms with E-state index in [4.69, 9.17) is 21.7 Å².